The van der Waals surface area contributed by atoms with Crippen LogP contribution >= 0.6 is 0 Å². The molecule has 0 amide bonds. The molecule has 0 aliphatic heterocycles. The summed E-state index contributed by atoms with van der Waals surface area (Å²) in [6, 6.07) is 10.0. The Labute approximate surface area is 170 Å². The third-order valence-corrected chi connectivity index (χ3v) is 4.66. The highest BCUT2D eigenvalue weighted by Crippen LogP contribution is 2.25. The number of aliphatic carboxylic acids is 2. The minimum Gasteiger partial charge on any atom is -0.478 e. The molecule has 9 nitrogen and oxygen atoms in total. The lowest BCUT2D eigenvalue weighted by Gasteiger charge is -2.05. The van der Waals surface area contributed by atoms with E-state index in [1.807, 2.05) is 50.5 Å². The van der Waals surface area contributed by atoms with Crippen LogP contribution in [0.3, 0.4) is 0 Å². The van der Waals surface area contributed by atoms with Crippen LogP contribution in [0.15, 0.2) is 59.8 Å². The van der Waals surface area contributed by atoms with Gasteiger partial charge in [0.2, 0.25) is 0 Å². The van der Waals surface area contributed by atoms with E-state index >= 15 is 0 Å². The van der Waals surface area contributed by atoms with Crippen LogP contribution in [0.2, 0.25) is 0 Å². The average molecular weight is 408 g/mol. The third kappa shape index (κ3) is 4.14. The van der Waals surface area contributed by atoms with E-state index in [4.69, 9.17) is 10.2 Å². The number of carbonyl (C=O) groups is 2. The number of nitrogens with one attached hydrogen (secondary N) is 1. The van der Waals surface area contributed by atoms with Gasteiger partial charge in [-0.2, -0.15) is 0 Å². The maximum absolute atomic E-state index is 12.9. The molecule has 4 rings (SSSR count). The number of benzene rings is 1. The molecule has 0 spiro atoms. The Morgan fingerprint density at radius 3 is 2.37 bits per heavy atom. The second kappa shape index (κ2) is 8.48. The molecule has 4 aromatic rings. The van der Waals surface area contributed by atoms with Gasteiger partial charge in [0.1, 0.15) is 0 Å². The Balaban J connectivity index is 0.000000275. The summed E-state index contributed by atoms with van der Waals surface area (Å²) in [6.07, 6.45) is 4.62. The molecular formula is C21H20N4O5. The van der Waals surface area contributed by atoms with Crippen LogP contribution in [-0.4, -0.2) is 41.3 Å². The molecular weight excluding hydrogens is 388 g/mol. The van der Waals surface area contributed by atoms with Crippen molar-refractivity contribution < 1.29 is 19.8 Å². The minimum absolute atomic E-state index is 0.0247. The van der Waals surface area contributed by atoms with Crippen molar-refractivity contribution in [1.82, 2.24) is 19.1 Å². The smallest absolute Gasteiger partial charge is 0.328 e. The van der Waals surface area contributed by atoms with Crippen LogP contribution < -0.4 is 5.56 Å². The largest absolute Gasteiger partial charge is 0.478 e. The molecule has 3 N–H and O–H groups in total. The first-order valence-electron chi connectivity index (χ1n) is 8.99. The zero-order valence-electron chi connectivity index (χ0n) is 16.4. The molecule has 3 aromatic heterocycles. The molecule has 154 valence electrons. The van der Waals surface area contributed by atoms with Gasteiger partial charge in [0.15, 0.2) is 0 Å². The number of hydrogen-bond donors (Lipinski definition) is 3. The number of carboxylic acid groups (broad SMARTS) is 2. The molecule has 0 unspecified atom stereocenters. The van der Waals surface area contributed by atoms with E-state index in [1.165, 1.54) is 0 Å². The zero-order valence-corrected chi connectivity index (χ0v) is 16.4. The number of imidazole rings is 1. The Morgan fingerprint density at radius 2 is 1.77 bits per heavy atom. The number of aromatic nitrogens is 4. The first-order chi connectivity index (χ1) is 14.3. The molecule has 1 aromatic carbocycles. The Bertz CT molecular complexity index is 1310. The molecule has 3 heterocycles. The van der Waals surface area contributed by atoms with Gasteiger partial charge >= 0.3 is 11.9 Å². The van der Waals surface area contributed by atoms with Gasteiger partial charge in [0.05, 0.1) is 29.5 Å². The summed E-state index contributed by atoms with van der Waals surface area (Å²) in [5.74, 6) is -2.51. The first kappa shape index (κ1) is 20.6. The summed E-state index contributed by atoms with van der Waals surface area (Å²) < 4.78 is 3.79. The summed E-state index contributed by atoms with van der Waals surface area (Å²) in [6.45, 7) is 2.44. The van der Waals surface area contributed by atoms with E-state index < -0.39 is 11.9 Å². The number of pyridine rings is 1. The maximum Gasteiger partial charge on any atom is 0.328 e. The molecule has 0 aliphatic rings. The van der Waals surface area contributed by atoms with Gasteiger partial charge in [-0.15, -0.1) is 0 Å². The quantitative estimate of drug-likeness (QED) is 0.444. The van der Waals surface area contributed by atoms with Crippen molar-refractivity contribution in [2.24, 2.45) is 7.05 Å². The molecule has 0 aliphatic carbocycles. The fourth-order valence-electron chi connectivity index (χ4n) is 3.18. The molecule has 0 bridgehead atoms. The first-order valence-corrected chi connectivity index (χ1v) is 8.99. The zero-order chi connectivity index (χ0) is 21.8. The van der Waals surface area contributed by atoms with Crippen LogP contribution in [0.25, 0.3) is 21.8 Å². The van der Waals surface area contributed by atoms with Gasteiger partial charge in [-0.3, -0.25) is 4.79 Å². The van der Waals surface area contributed by atoms with E-state index in [-0.39, 0.29) is 5.56 Å². The number of aryl methyl sites for hydroxylation is 2. The van der Waals surface area contributed by atoms with Crippen molar-refractivity contribution >= 4 is 33.7 Å². The van der Waals surface area contributed by atoms with E-state index in [1.54, 1.807) is 10.9 Å². The number of rotatable bonds is 4. The van der Waals surface area contributed by atoms with Crippen molar-refractivity contribution in [2.45, 2.75) is 13.5 Å². The summed E-state index contributed by atoms with van der Waals surface area (Å²) in [5.41, 5.74) is 3.94. The summed E-state index contributed by atoms with van der Waals surface area (Å²) in [5, 5.41) is 17.4. The summed E-state index contributed by atoms with van der Waals surface area (Å²) >= 11 is 0. The second-order valence-corrected chi connectivity index (χ2v) is 6.57. The average Bonchev–Trinajstić information content (AvgIpc) is 3.24. The van der Waals surface area contributed by atoms with E-state index in [0.29, 0.717) is 18.7 Å². The van der Waals surface area contributed by atoms with Crippen molar-refractivity contribution in [1.29, 1.82) is 0 Å². The van der Waals surface area contributed by atoms with Crippen molar-refractivity contribution in [3.05, 3.63) is 76.7 Å². The number of fused-ring (bicyclic) bond motifs is 3. The SMILES string of the molecule is Cc1[nH]cnc1Cn1ccc2c(c1=O)c1ccccc1n2C.O=C(O)/C=C\C(=O)O. The fraction of sp³-hybridized carbons (Fsp3) is 0.143. The van der Waals surface area contributed by atoms with Gasteiger partial charge in [-0.1, -0.05) is 18.2 Å². The molecule has 0 atom stereocenters. The van der Waals surface area contributed by atoms with Gasteiger partial charge in [-0.25, -0.2) is 14.6 Å². The normalized spacial score (nSPS) is 11.0. The van der Waals surface area contributed by atoms with E-state index in [2.05, 4.69) is 14.5 Å². The van der Waals surface area contributed by atoms with Crippen LogP contribution in [0.4, 0.5) is 0 Å². The van der Waals surface area contributed by atoms with Gasteiger partial charge in [-0.05, 0) is 19.1 Å². The van der Waals surface area contributed by atoms with Crippen molar-refractivity contribution in [3.63, 3.8) is 0 Å². The molecule has 9 heteroatoms. The molecule has 0 saturated carbocycles. The predicted molar refractivity (Wildman–Crippen MR) is 112 cm³/mol. The summed E-state index contributed by atoms with van der Waals surface area (Å²) in [7, 11) is 1.99. The highest BCUT2D eigenvalue weighted by molar-refractivity contribution is 6.07. The van der Waals surface area contributed by atoms with Crippen molar-refractivity contribution in [2.75, 3.05) is 0 Å². The Kier molecular flexibility index (Phi) is 5.82. The molecule has 0 fully saturated rings. The summed E-state index contributed by atoms with van der Waals surface area (Å²) in [4.78, 5) is 39.3. The highest BCUT2D eigenvalue weighted by atomic mass is 16.4. The number of hydrogen-bond acceptors (Lipinski definition) is 4. The topological polar surface area (TPSA) is 130 Å². The molecule has 0 radical (unpaired) electrons. The molecule has 0 saturated heterocycles. The van der Waals surface area contributed by atoms with Crippen molar-refractivity contribution in [3.8, 4) is 0 Å². The minimum atomic E-state index is -1.26. The van der Waals surface area contributed by atoms with Gasteiger partial charge in [0.25, 0.3) is 5.56 Å². The Hall–Kier alpha value is -4.14. The van der Waals surface area contributed by atoms with Crippen LogP contribution in [-0.2, 0) is 23.2 Å². The fourth-order valence-corrected chi connectivity index (χ4v) is 3.18. The monoisotopic (exact) mass is 408 g/mol. The van der Waals surface area contributed by atoms with E-state index in [0.717, 1.165) is 33.2 Å². The van der Waals surface area contributed by atoms with Crippen LogP contribution in [0.1, 0.15) is 11.4 Å². The lowest BCUT2D eigenvalue weighted by Crippen LogP contribution is -2.20. The van der Waals surface area contributed by atoms with Crippen LogP contribution in [0, 0.1) is 6.92 Å². The van der Waals surface area contributed by atoms with Gasteiger partial charge in [0, 0.05) is 42.0 Å². The number of carboxylic acids is 2. The number of H-pyrrole nitrogens is 1. The number of nitrogens with zero attached hydrogens (tertiary/aromatic N) is 3. The lowest BCUT2D eigenvalue weighted by molar-refractivity contribution is -0.134. The standard InChI is InChI=1S/C17H16N4O.C4H4O4/c1-11-13(19-10-18-11)9-21-8-7-15-16(17(21)22)12-5-3-4-6-14(12)20(15)2;5-3(6)1-2-4(7)8/h3-8,10H,9H2,1-2H3,(H,18,19);1-2H,(H,5,6)(H,7,8)/b;2-1-. The second-order valence-electron chi connectivity index (χ2n) is 6.57. The van der Waals surface area contributed by atoms with Gasteiger partial charge < -0.3 is 24.3 Å². The van der Waals surface area contributed by atoms with E-state index in [9.17, 15) is 14.4 Å². The number of para-hydroxylation sites is 1. The lowest BCUT2D eigenvalue weighted by atomic mass is 10.2. The van der Waals surface area contributed by atoms with Crippen LogP contribution in [0.5, 0.6) is 0 Å². The molecule has 30 heavy (non-hydrogen) atoms. The third-order valence-electron chi connectivity index (χ3n) is 4.66. The predicted octanol–water partition coefficient (Wildman–Crippen LogP) is 2.28. The highest BCUT2D eigenvalue weighted by Gasteiger charge is 2.13. The number of aromatic amines is 1. The Morgan fingerprint density at radius 1 is 1.10 bits per heavy atom. The maximum atomic E-state index is 12.9.